The summed E-state index contributed by atoms with van der Waals surface area (Å²) < 4.78 is 13.7. The highest BCUT2D eigenvalue weighted by molar-refractivity contribution is 5.98. The van der Waals surface area contributed by atoms with Gasteiger partial charge >= 0.3 is 5.69 Å². The number of aromatic nitrogens is 3. The lowest BCUT2D eigenvalue weighted by molar-refractivity contribution is 0.394. The van der Waals surface area contributed by atoms with Crippen molar-refractivity contribution in [2.45, 2.75) is 13.5 Å². The highest BCUT2D eigenvalue weighted by Gasteiger charge is 2.25. The van der Waals surface area contributed by atoms with E-state index in [2.05, 4.69) is 29.6 Å². The van der Waals surface area contributed by atoms with Crippen LogP contribution in [0.3, 0.4) is 0 Å². The van der Waals surface area contributed by atoms with Crippen molar-refractivity contribution in [3.63, 3.8) is 0 Å². The molecular weight excluding hydrogens is 506 g/mol. The molecule has 206 valence electrons. The number of hydrogen-bond donors (Lipinski definition) is 1. The molecule has 0 aliphatic heterocycles. The Hall–Kier alpha value is -4.63. The molecule has 2 heterocycles. The van der Waals surface area contributed by atoms with Gasteiger partial charge < -0.3 is 19.7 Å². The third-order valence-corrected chi connectivity index (χ3v) is 7.30. The van der Waals surface area contributed by atoms with Gasteiger partial charge in [-0.15, -0.1) is 0 Å². The van der Waals surface area contributed by atoms with E-state index in [-0.39, 0.29) is 0 Å². The second-order valence-corrected chi connectivity index (χ2v) is 9.67. The quantitative estimate of drug-likeness (QED) is 0.314. The van der Waals surface area contributed by atoms with Crippen molar-refractivity contribution in [2.24, 2.45) is 14.1 Å². The van der Waals surface area contributed by atoms with Gasteiger partial charge in [-0.25, -0.2) is 9.78 Å². The van der Waals surface area contributed by atoms with Gasteiger partial charge in [0.1, 0.15) is 17.3 Å². The molecule has 1 N–H and O–H groups in total. The van der Waals surface area contributed by atoms with Crippen LogP contribution in [-0.2, 0) is 20.6 Å². The molecule has 0 amide bonds. The summed E-state index contributed by atoms with van der Waals surface area (Å²) >= 11 is 0. The lowest BCUT2D eigenvalue weighted by atomic mass is 9.96. The molecule has 0 saturated carbocycles. The summed E-state index contributed by atoms with van der Waals surface area (Å²) in [5, 5.41) is 6.01. The zero-order valence-corrected chi connectivity index (χ0v) is 23.6. The first-order valence-corrected chi connectivity index (χ1v) is 13.1. The molecule has 40 heavy (non-hydrogen) atoms. The molecule has 0 unspecified atom stereocenters. The van der Waals surface area contributed by atoms with Gasteiger partial charge in [-0.2, -0.15) is 0 Å². The van der Waals surface area contributed by atoms with Crippen LogP contribution in [0.4, 0.5) is 11.5 Å². The number of hydrogen-bond acceptors (Lipinski definition) is 7. The minimum Gasteiger partial charge on any atom is -0.497 e. The summed E-state index contributed by atoms with van der Waals surface area (Å²) in [5.74, 6) is 1.79. The third kappa shape index (κ3) is 4.58. The molecule has 0 radical (unpaired) electrons. The number of fused-ring (bicyclic) bond motifs is 2. The van der Waals surface area contributed by atoms with Gasteiger partial charge in [0.25, 0.3) is 5.56 Å². The number of ether oxygens (including phenoxy) is 2. The van der Waals surface area contributed by atoms with E-state index in [0.29, 0.717) is 47.0 Å². The van der Waals surface area contributed by atoms with E-state index in [9.17, 15) is 9.59 Å². The molecule has 2 aromatic heterocycles. The van der Waals surface area contributed by atoms with Crippen LogP contribution in [0, 0.1) is 0 Å². The standard InChI is InChI=1S/C31H33N5O4/c1-7-32-18-25-26(21-15-23(39-5)17-24(16-21)40-6)27-29(35(3)31(38)36(4)30(27)37)33-28(25)34(2)22-13-12-19-10-8-9-11-20(19)14-22/h8-17,32H,7,18H2,1-6H3. The Kier molecular flexibility index (Phi) is 7.32. The normalized spacial score (nSPS) is 11.2. The summed E-state index contributed by atoms with van der Waals surface area (Å²) in [4.78, 5) is 33.8. The first-order valence-electron chi connectivity index (χ1n) is 13.1. The third-order valence-electron chi connectivity index (χ3n) is 7.30. The van der Waals surface area contributed by atoms with Gasteiger partial charge in [0.15, 0.2) is 5.65 Å². The number of nitrogens with one attached hydrogen (secondary N) is 1. The van der Waals surface area contributed by atoms with Crippen molar-refractivity contribution in [2.75, 3.05) is 32.7 Å². The molecule has 0 atom stereocenters. The maximum absolute atomic E-state index is 13.7. The molecule has 9 heteroatoms. The molecule has 3 aromatic carbocycles. The summed E-state index contributed by atoms with van der Waals surface area (Å²) in [7, 11) is 8.24. The smallest absolute Gasteiger partial charge is 0.332 e. The first kappa shape index (κ1) is 27.0. The second-order valence-electron chi connectivity index (χ2n) is 9.67. The van der Waals surface area contributed by atoms with Crippen molar-refractivity contribution in [3.05, 3.63) is 87.1 Å². The van der Waals surface area contributed by atoms with Crippen LogP contribution in [0.15, 0.2) is 70.3 Å². The lowest BCUT2D eigenvalue weighted by Gasteiger charge is -2.26. The Morgan fingerprint density at radius 2 is 1.57 bits per heavy atom. The van der Waals surface area contributed by atoms with E-state index in [4.69, 9.17) is 14.5 Å². The van der Waals surface area contributed by atoms with E-state index >= 15 is 0 Å². The number of methoxy groups -OCH3 is 2. The second kappa shape index (κ2) is 10.9. The van der Waals surface area contributed by atoms with Crippen molar-refractivity contribution >= 4 is 33.3 Å². The SMILES string of the molecule is CCNCc1c(N(C)c2ccc3ccccc3c2)nc2c(c1-c1cc(OC)cc(OC)c1)c(=O)n(C)c(=O)n2C. The van der Waals surface area contributed by atoms with Crippen molar-refractivity contribution in [3.8, 4) is 22.6 Å². The average Bonchev–Trinajstić information content (AvgIpc) is 2.99. The van der Waals surface area contributed by atoms with Gasteiger partial charge in [-0.1, -0.05) is 37.3 Å². The molecule has 0 bridgehead atoms. The van der Waals surface area contributed by atoms with Crippen LogP contribution in [0.2, 0.25) is 0 Å². The molecule has 0 spiro atoms. The summed E-state index contributed by atoms with van der Waals surface area (Å²) in [6.45, 7) is 3.18. The number of nitrogens with zero attached hydrogens (tertiary/aromatic N) is 4. The van der Waals surface area contributed by atoms with Crippen LogP contribution in [-0.4, -0.2) is 41.9 Å². The monoisotopic (exact) mass is 539 g/mol. The van der Waals surface area contributed by atoms with E-state index in [0.717, 1.165) is 32.2 Å². The summed E-state index contributed by atoms with van der Waals surface area (Å²) in [5.41, 5.74) is 2.57. The minimum absolute atomic E-state index is 0.299. The molecule has 5 aromatic rings. The molecule has 0 saturated heterocycles. The predicted molar refractivity (Wildman–Crippen MR) is 160 cm³/mol. The number of benzene rings is 3. The van der Waals surface area contributed by atoms with Crippen LogP contribution in [0.1, 0.15) is 12.5 Å². The Labute approximate surface area is 232 Å². The van der Waals surface area contributed by atoms with Crippen LogP contribution in [0.25, 0.3) is 32.9 Å². The number of anilines is 2. The molecule has 5 rings (SSSR count). The van der Waals surface area contributed by atoms with Crippen molar-refractivity contribution in [1.82, 2.24) is 19.4 Å². The molecular formula is C31H33N5O4. The lowest BCUT2D eigenvalue weighted by Crippen LogP contribution is -2.38. The fourth-order valence-electron chi connectivity index (χ4n) is 5.09. The Bertz CT molecular complexity index is 1840. The van der Waals surface area contributed by atoms with Gasteiger partial charge in [0.2, 0.25) is 0 Å². The molecule has 9 nitrogen and oxygen atoms in total. The highest BCUT2D eigenvalue weighted by Crippen LogP contribution is 2.40. The maximum atomic E-state index is 13.7. The van der Waals surface area contributed by atoms with E-state index in [1.807, 2.05) is 49.2 Å². The zero-order chi connectivity index (χ0) is 28.6. The van der Waals surface area contributed by atoms with E-state index < -0.39 is 11.2 Å². The molecule has 0 aliphatic carbocycles. The minimum atomic E-state index is -0.446. The highest BCUT2D eigenvalue weighted by atomic mass is 16.5. The van der Waals surface area contributed by atoms with E-state index in [1.165, 1.54) is 11.6 Å². The Morgan fingerprint density at radius 1 is 0.900 bits per heavy atom. The van der Waals surface area contributed by atoms with Crippen molar-refractivity contribution in [1.29, 1.82) is 0 Å². The Balaban J connectivity index is 1.92. The van der Waals surface area contributed by atoms with Gasteiger partial charge in [0, 0.05) is 50.6 Å². The number of pyridine rings is 1. The Morgan fingerprint density at radius 3 is 2.23 bits per heavy atom. The van der Waals surface area contributed by atoms with E-state index in [1.54, 1.807) is 27.3 Å². The van der Waals surface area contributed by atoms with Crippen LogP contribution in [0.5, 0.6) is 11.5 Å². The molecule has 0 fully saturated rings. The summed E-state index contributed by atoms with van der Waals surface area (Å²) in [6, 6.07) is 19.9. The van der Waals surface area contributed by atoms with Crippen LogP contribution >= 0.6 is 0 Å². The summed E-state index contributed by atoms with van der Waals surface area (Å²) in [6.07, 6.45) is 0. The van der Waals surface area contributed by atoms with Gasteiger partial charge in [-0.05, 0) is 47.1 Å². The largest absolute Gasteiger partial charge is 0.497 e. The van der Waals surface area contributed by atoms with Gasteiger partial charge in [0.05, 0.1) is 19.6 Å². The average molecular weight is 540 g/mol. The van der Waals surface area contributed by atoms with Gasteiger partial charge in [-0.3, -0.25) is 13.9 Å². The fourth-order valence-corrected chi connectivity index (χ4v) is 5.09. The number of rotatable bonds is 8. The number of aryl methyl sites for hydroxylation is 1. The predicted octanol–water partition coefficient (Wildman–Crippen LogP) is 4.35. The maximum Gasteiger partial charge on any atom is 0.332 e. The topological polar surface area (TPSA) is 90.6 Å². The fraction of sp³-hybridized carbons (Fsp3) is 0.258. The van der Waals surface area contributed by atoms with Crippen LogP contribution < -0.4 is 30.9 Å². The zero-order valence-electron chi connectivity index (χ0n) is 23.6. The first-order chi connectivity index (χ1) is 19.3. The van der Waals surface area contributed by atoms with Crippen molar-refractivity contribution < 1.29 is 9.47 Å². The molecule has 0 aliphatic rings.